The second-order valence-corrected chi connectivity index (χ2v) is 12.7. The lowest BCUT2D eigenvalue weighted by atomic mass is 9.88. The highest BCUT2D eigenvalue weighted by atomic mass is 16.5. The summed E-state index contributed by atoms with van der Waals surface area (Å²) < 4.78 is 6.10. The van der Waals surface area contributed by atoms with Gasteiger partial charge >= 0.3 is 6.03 Å². The highest BCUT2D eigenvalue weighted by Gasteiger charge is 2.24. The number of ether oxygens (including phenoxy) is 1. The maximum atomic E-state index is 14.2. The Labute approximate surface area is 270 Å². The van der Waals surface area contributed by atoms with Gasteiger partial charge in [-0.25, -0.2) is 9.78 Å². The Hall–Kier alpha value is -4.98. The highest BCUT2D eigenvalue weighted by molar-refractivity contribution is 6.03. The van der Waals surface area contributed by atoms with E-state index in [2.05, 4.69) is 80.0 Å². The van der Waals surface area contributed by atoms with Crippen LogP contribution in [0.15, 0.2) is 90.1 Å². The summed E-state index contributed by atoms with van der Waals surface area (Å²) in [7, 11) is 0. The molecular weight excluding hydrogens is 574 g/mol. The van der Waals surface area contributed by atoms with Crippen LogP contribution in [0.5, 0.6) is 5.75 Å². The number of fused-ring (bicyclic) bond motifs is 1. The minimum absolute atomic E-state index is 0.122. The number of benzene rings is 2. The van der Waals surface area contributed by atoms with Crippen molar-refractivity contribution in [2.24, 2.45) is 5.92 Å². The van der Waals surface area contributed by atoms with Crippen molar-refractivity contribution in [3.05, 3.63) is 112 Å². The number of nitrogens with one attached hydrogen (secondary N) is 2. The fourth-order valence-corrected chi connectivity index (χ4v) is 5.44. The van der Waals surface area contributed by atoms with E-state index in [1.54, 1.807) is 29.6 Å². The SMILES string of the molecule is CC(C)CCN(C(=O)Nc1c(C(C)C)cc(-c2cccc(OCc3cccnc3)c2)cc1C(C)C)c1cc2cccnc2[nH]c1=O. The van der Waals surface area contributed by atoms with E-state index in [1.807, 2.05) is 42.5 Å². The van der Waals surface area contributed by atoms with Crippen LogP contribution in [-0.4, -0.2) is 27.5 Å². The molecule has 0 unspecified atom stereocenters. The van der Waals surface area contributed by atoms with Crippen LogP contribution < -0.4 is 20.5 Å². The van der Waals surface area contributed by atoms with Crippen LogP contribution in [0.4, 0.5) is 16.2 Å². The molecule has 0 fully saturated rings. The van der Waals surface area contributed by atoms with E-state index in [1.165, 1.54) is 0 Å². The third-order valence-corrected chi connectivity index (χ3v) is 8.03. The van der Waals surface area contributed by atoms with Gasteiger partial charge in [-0.1, -0.05) is 59.7 Å². The normalized spacial score (nSPS) is 11.4. The minimum Gasteiger partial charge on any atom is -0.489 e. The monoisotopic (exact) mass is 617 g/mol. The molecule has 3 heterocycles. The van der Waals surface area contributed by atoms with Gasteiger partial charge in [0.25, 0.3) is 5.56 Å². The first kappa shape index (κ1) is 32.4. The molecule has 2 aromatic carbocycles. The standard InChI is InChI=1S/C38H43N5O3/c1-24(2)14-17-43(34-21-29-12-9-16-40-36(29)42-37(34)44)38(45)41-35-32(25(3)4)19-30(20-33(35)26(5)6)28-11-7-13-31(18-28)46-23-27-10-8-15-39-22-27/h7-13,15-16,18-22,24-26H,14,17,23H2,1-6H3,(H,41,45)(H,40,42,44). The van der Waals surface area contributed by atoms with E-state index >= 15 is 0 Å². The molecule has 0 aliphatic rings. The average molecular weight is 618 g/mol. The lowest BCUT2D eigenvalue weighted by Crippen LogP contribution is -2.40. The van der Waals surface area contributed by atoms with Crippen molar-refractivity contribution in [3.8, 4) is 16.9 Å². The summed E-state index contributed by atoms with van der Waals surface area (Å²) in [6, 6.07) is 21.4. The Morgan fingerprint density at radius 3 is 2.30 bits per heavy atom. The van der Waals surface area contributed by atoms with Crippen LogP contribution in [0, 0.1) is 5.92 Å². The molecule has 0 bridgehead atoms. The quantitative estimate of drug-likeness (QED) is 0.154. The molecule has 3 aromatic heterocycles. The van der Waals surface area contributed by atoms with Crippen molar-refractivity contribution < 1.29 is 9.53 Å². The van der Waals surface area contributed by atoms with E-state index in [0.717, 1.165) is 51.1 Å². The van der Waals surface area contributed by atoms with Gasteiger partial charge in [-0.05, 0) is 95.0 Å². The molecule has 238 valence electrons. The predicted octanol–water partition coefficient (Wildman–Crippen LogP) is 8.90. The maximum Gasteiger partial charge on any atom is 0.326 e. The zero-order valence-electron chi connectivity index (χ0n) is 27.5. The highest BCUT2D eigenvalue weighted by Crippen LogP contribution is 2.38. The number of carbonyl (C=O) groups excluding carboxylic acids is 1. The first-order valence-electron chi connectivity index (χ1n) is 16.0. The van der Waals surface area contributed by atoms with Gasteiger partial charge in [-0.2, -0.15) is 0 Å². The van der Waals surface area contributed by atoms with Gasteiger partial charge in [-0.15, -0.1) is 0 Å². The van der Waals surface area contributed by atoms with Gasteiger partial charge in [0.05, 0.1) is 0 Å². The molecule has 2 amide bonds. The fourth-order valence-electron chi connectivity index (χ4n) is 5.44. The summed E-state index contributed by atoms with van der Waals surface area (Å²) in [5.74, 6) is 1.36. The Morgan fingerprint density at radius 1 is 0.891 bits per heavy atom. The van der Waals surface area contributed by atoms with Crippen molar-refractivity contribution in [2.45, 2.75) is 66.4 Å². The Kier molecular flexibility index (Phi) is 10.2. The number of hydrogen-bond donors (Lipinski definition) is 2. The number of amides is 2. The van der Waals surface area contributed by atoms with Gasteiger partial charge in [0, 0.05) is 41.8 Å². The predicted molar refractivity (Wildman–Crippen MR) is 187 cm³/mol. The topological polar surface area (TPSA) is 100 Å². The Balaban J connectivity index is 1.50. The zero-order valence-corrected chi connectivity index (χ0v) is 27.5. The Morgan fingerprint density at radius 2 is 1.63 bits per heavy atom. The molecule has 0 atom stereocenters. The molecule has 8 heteroatoms. The first-order chi connectivity index (χ1) is 22.1. The summed E-state index contributed by atoms with van der Waals surface area (Å²) in [4.78, 5) is 40.3. The van der Waals surface area contributed by atoms with Crippen molar-refractivity contribution in [1.82, 2.24) is 15.0 Å². The van der Waals surface area contributed by atoms with Crippen LogP contribution in [0.1, 0.15) is 76.5 Å². The van der Waals surface area contributed by atoms with Gasteiger partial charge in [0.2, 0.25) is 0 Å². The molecule has 46 heavy (non-hydrogen) atoms. The molecule has 0 saturated heterocycles. The van der Waals surface area contributed by atoms with Crippen LogP contribution in [0.25, 0.3) is 22.2 Å². The van der Waals surface area contributed by atoms with E-state index in [9.17, 15) is 9.59 Å². The third kappa shape index (κ3) is 7.62. The number of carbonyl (C=O) groups is 1. The average Bonchev–Trinajstić information content (AvgIpc) is 3.04. The van der Waals surface area contributed by atoms with Crippen LogP contribution in [0.2, 0.25) is 0 Å². The molecule has 0 saturated carbocycles. The maximum absolute atomic E-state index is 14.2. The largest absolute Gasteiger partial charge is 0.489 e. The molecule has 0 spiro atoms. The molecule has 0 aliphatic carbocycles. The van der Waals surface area contributed by atoms with Crippen molar-refractivity contribution in [2.75, 3.05) is 16.8 Å². The molecule has 0 radical (unpaired) electrons. The summed E-state index contributed by atoms with van der Waals surface area (Å²) in [6.45, 7) is 13.6. The van der Waals surface area contributed by atoms with E-state index in [4.69, 9.17) is 4.74 Å². The van der Waals surface area contributed by atoms with Gasteiger partial charge in [-0.3, -0.25) is 14.7 Å². The third-order valence-electron chi connectivity index (χ3n) is 8.03. The van der Waals surface area contributed by atoms with E-state index in [-0.39, 0.29) is 23.4 Å². The number of rotatable bonds is 11. The summed E-state index contributed by atoms with van der Waals surface area (Å²) in [5.41, 5.74) is 6.36. The number of nitrogens with zero attached hydrogens (tertiary/aromatic N) is 3. The number of aromatic amines is 1. The number of hydrogen-bond acceptors (Lipinski definition) is 5. The molecule has 0 aliphatic heterocycles. The van der Waals surface area contributed by atoms with Crippen LogP contribution in [0.3, 0.4) is 0 Å². The lowest BCUT2D eigenvalue weighted by molar-refractivity contribution is 0.256. The molecule has 5 aromatic rings. The zero-order chi connectivity index (χ0) is 32.8. The summed E-state index contributed by atoms with van der Waals surface area (Å²) >= 11 is 0. The first-order valence-corrected chi connectivity index (χ1v) is 16.0. The number of pyridine rings is 3. The number of aromatic nitrogens is 3. The molecule has 8 nitrogen and oxygen atoms in total. The second kappa shape index (κ2) is 14.4. The molecule has 2 N–H and O–H groups in total. The lowest BCUT2D eigenvalue weighted by Gasteiger charge is -2.27. The Bertz CT molecular complexity index is 1840. The van der Waals surface area contributed by atoms with Crippen molar-refractivity contribution in [3.63, 3.8) is 0 Å². The number of urea groups is 1. The summed E-state index contributed by atoms with van der Waals surface area (Å²) in [5, 5.41) is 4.02. The molecule has 5 rings (SSSR count). The number of anilines is 2. The van der Waals surface area contributed by atoms with E-state index < -0.39 is 0 Å². The smallest absolute Gasteiger partial charge is 0.326 e. The van der Waals surface area contributed by atoms with Gasteiger partial charge < -0.3 is 15.0 Å². The van der Waals surface area contributed by atoms with Gasteiger partial charge in [0.1, 0.15) is 23.7 Å². The molecular formula is C38H43N5O3. The van der Waals surface area contributed by atoms with Crippen LogP contribution in [-0.2, 0) is 6.61 Å². The second-order valence-electron chi connectivity index (χ2n) is 12.7. The van der Waals surface area contributed by atoms with Crippen molar-refractivity contribution >= 4 is 28.4 Å². The van der Waals surface area contributed by atoms with Crippen molar-refractivity contribution in [1.29, 1.82) is 0 Å². The summed E-state index contributed by atoms with van der Waals surface area (Å²) in [6.07, 6.45) is 5.93. The van der Waals surface area contributed by atoms with Crippen LogP contribution >= 0.6 is 0 Å². The van der Waals surface area contributed by atoms with Gasteiger partial charge in [0.15, 0.2) is 0 Å². The fraction of sp³-hybridized carbons (Fsp3) is 0.316. The van der Waals surface area contributed by atoms with E-state index in [0.29, 0.717) is 30.4 Å². The minimum atomic E-state index is -0.348. The number of H-pyrrole nitrogens is 1.